The molecule has 0 saturated heterocycles. The quantitative estimate of drug-likeness (QED) is 0.470. The molecule has 1 aliphatic rings. The summed E-state index contributed by atoms with van der Waals surface area (Å²) in [4.78, 5) is 30.0. The number of rotatable bonds is 7. The molecule has 150 valence electrons. The molecular formula is C18H19BrFN3O5. The van der Waals surface area contributed by atoms with Gasteiger partial charge < -0.3 is 20.1 Å². The van der Waals surface area contributed by atoms with E-state index in [9.17, 15) is 19.1 Å². The Morgan fingerprint density at radius 2 is 2.14 bits per heavy atom. The van der Waals surface area contributed by atoms with Gasteiger partial charge in [0.2, 0.25) is 0 Å². The number of aromatic nitrogens is 1. The number of fused-ring (bicyclic) bond motifs is 1. The first-order valence-electron chi connectivity index (χ1n) is 8.60. The van der Waals surface area contributed by atoms with Gasteiger partial charge in [-0.15, -0.1) is 0 Å². The van der Waals surface area contributed by atoms with Crippen molar-refractivity contribution in [1.29, 1.82) is 0 Å². The van der Waals surface area contributed by atoms with Crippen molar-refractivity contribution < 1.29 is 24.2 Å². The van der Waals surface area contributed by atoms with Crippen molar-refractivity contribution in [3.63, 3.8) is 0 Å². The molecule has 0 fully saturated rings. The lowest BCUT2D eigenvalue weighted by molar-refractivity contribution is -0.0295. The van der Waals surface area contributed by atoms with Crippen LogP contribution in [-0.4, -0.2) is 40.0 Å². The van der Waals surface area contributed by atoms with Crippen molar-refractivity contribution in [3.8, 4) is 0 Å². The van der Waals surface area contributed by atoms with E-state index in [2.05, 4.69) is 26.7 Å². The van der Waals surface area contributed by atoms with Crippen LogP contribution >= 0.6 is 15.9 Å². The minimum Gasteiger partial charge on any atom is -0.394 e. The minimum absolute atomic E-state index is 0.108. The van der Waals surface area contributed by atoms with E-state index >= 15 is 0 Å². The van der Waals surface area contributed by atoms with E-state index in [4.69, 9.17) is 9.94 Å². The third kappa shape index (κ3) is 4.41. The number of hydroxylamine groups is 1. The lowest BCUT2D eigenvalue weighted by atomic mass is 10.1. The first-order valence-corrected chi connectivity index (χ1v) is 9.40. The number of carbonyl (C=O) groups excluding carboxylic acids is 1. The van der Waals surface area contributed by atoms with E-state index in [1.807, 2.05) is 0 Å². The average molecular weight is 456 g/mol. The molecule has 0 bridgehead atoms. The van der Waals surface area contributed by atoms with E-state index < -0.39 is 24.4 Å². The Hall–Kier alpha value is -2.27. The lowest BCUT2D eigenvalue weighted by Gasteiger charge is -2.17. The second-order valence-electron chi connectivity index (χ2n) is 6.30. The van der Waals surface area contributed by atoms with Gasteiger partial charge in [-0.25, -0.2) is 9.87 Å². The number of hydrogen-bond donors (Lipinski definition) is 4. The molecule has 0 radical (unpaired) electrons. The lowest BCUT2D eigenvalue weighted by Crippen LogP contribution is -2.32. The number of hydrogen-bond acceptors (Lipinski definition) is 6. The van der Waals surface area contributed by atoms with Gasteiger partial charge in [-0.1, -0.05) is 15.9 Å². The molecule has 1 atom stereocenters. The van der Waals surface area contributed by atoms with E-state index in [1.54, 1.807) is 6.07 Å². The number of nitrogens with zero attached hydrogens (tertiary/aromatic N) is 1. The maximum absolute atomic E-state index is 14.2. The van der Waals surface area contributed by atoms with Gasteiger partial charge in [-0.05, 0) is 31.0 Å². The third-order valence-corrected chi connectivity index (χ3v) is 4.78. The highest BCUT2D eigenvalue weighted by Gasteiger charge is 2.25. The smallest absolute Gasteiger partial charge is 0.278 e. The van der Waals surface area contributed by atoms with Gasteiger partial charge in [-0.3, -0.25) is 14.4 Å². The fourth-order valence-electron chi connectivity index (χ4n) is 3.00. The third-order valence-electron chi connectivity index (χ3n) is 4.29. The summed E-state index contributed by atoms with van der Waals surface area (Å²) in [5.41, 5.74) is 2.86. The molecule has 4 N–H and O–H groups in total. The molecule has 0 aliphatic carbocycles. The Balaban J connectivity index is 1.94. The van der Waals surface area contributed by atoms with Crippen molar-refractivity contribution >= 4 is 33.2 Å². The summed E-state index contributed by atoms with van der Waals surface area (Å²) >= 11 is 3.18. The molecule has 2 heterocycles. The Morgan fingerprint density at radius 3 is 2.86 bits per heavy atom. The number of aliphatic hydroxyl groups excluding tert-OH is 2. The first-order chi connectivity index (χ1) is 13.4. The number of pyridine rings is 1. The van der Waals surface area contributed by atoms with E-state index in [-0.39, 0.29) is 29.1 Å². The normalized spacial score (nSPS) is 13.9. The fraction of sp³-hybridized carbons (Fsp3) is 0.333. The number of benzene rings is 1. The fourth-order valence-corrected chi connectivity index (χ4v) is 3.33. The standard InChI is InChI=1S/C18H19BrFN3O5/c19-10-3-4-13(12(20)6-10)21-14-7-16(26)23-5-1-2-15(23)17(14)18(27)22-28-9-11(25)8-24/h3-4,6-7,11,21,24-25H,1-2,5,8-9H2,(H,22,27). The predicted octanol–water partition coefficient (Wildman–Crippen LogP) is 1.45. The molecule has 10 heteroatoms. The van der Waals surface area contributed by atoms with Gasteiger partial charge in [0.25, 0.3) is 11.5 Å². The molecule has 1 aliphatic heterocycles. The molecule has 0 saturated carbocycles. The molecule has 0 spiro atoms. The first kappa shape index (κ1) is 20.5. The Labute approximate surface area is 168 Å². The molecule has 1 aromatic heterocycles. The molecule has 8 nitrogen and oxygen atoms in total. The second-order valence-corrected chi connectivity index (χ2v) is 7.22. The van der Waals surface area contributed by atoms with Crippen molar-refractivity contribution in [2.45, 2.75) is 25.5 Å². The summed E-state index contributed by atoms with van der Waals surface area (Å²) in [6.45, 7) is -0.325. The number of nitrogens with one attached hydrogen (secondary N) is 2. The second kappa shape index (κ2) is 8.82. The van der Waals surface area contributed by atoms with Crippen LogP contribution in [0.5, 0.6) is 0 Å². The van der Waals surface area contributed by atoms with Gasteiger partial charge in [0, 0.05) is 22.8 Å². The van der Waals surface area contributed by atoms with Gasteiger partial charge in [-0.2, -0.15) is 0 Å². The van der Waals surface area contributed by atoms with Gasteiger partial charge in [0.1, 0.15) is 18.5 Å². The van der Waals surface area contributed by atoms with Gasteiger partial charge >= 0.3 is 0 Å². The van der Waals surface area contributed by atoms with E-state index in [0.29, 0.717) is 29.6 Å². The van der Waals surface area contributed by atoms with Gasteiger partial charge in [0.05, 0.1) is 23.5 Å². The molecule has 3 rings (SSSR count). The molecular weight excluding hydrogens is 437 g/mol. The Bertz CT molecular complexity index is 950. The highest BCUT2D eigenvalue weighted by Crippen LogP contribution is 2.28. The van der Waals surface area contributed by atoms with Crippen LogP contribution in [0, 0.1) is 5.82 Å². The van der Waals surface area contributed by atoms with Crippen LogP contribution in [-0.2, 0) is 17.8 Å². The summed E-state index contributed by atoms with van der Waals surface area (Å²) in [5, 5.41) is 20.9. The van der Waals surface area contributed by atoms with Crippen molar-refractivity contribution in [2.75, 3.05) is 18.5 Å². The molecule has 1 unspecified atom stereocenters. The van der Waals surface area contributed by atoms with E-state index in [0.717, 1.165) is 0 Å². The number of anilines is 2. The van der Waals surface area contributed by atoms with Crippen LogP contribution in [0.3, 0.4) is 0 Å². The minimum atomic E-state index is -1.14. The van der Waals surface area contributed by atoms with Gasteiger partial charge in [0.15, 0.2) is 0 Å². The summed E-state index contributed by atoms with van der Waals surface area (Å²) in [6.07, 6.45) is 0.0737. The summed E-state index contributed by atoms with van der Waals surface area (Å²) in [7, 11) is 0. The van der Waals surface area contributed by atoms with Crippen LogP contribution in [0.4, 0.5) is 15.8 Å². The summed E-state index contributed by atoms with van der Waals surface area (Å²) in [6, 6.07) is 5.63. The van der Waals surface area contributed by atoms with E-state index in [1.165, 1.54) is 22.8 Å². The van der Waals surface area contributed by atoms with Crippen molar-refractivity contribution in [3.05, 3.63) is 56.2 Å². The highest BCUT2D eigenvalue weighted by atomic mass is 79.9. The van der Waals surface area contributed by atoms with Crippen LogP contribution in [0.2, 0.25) is 0 Å². The summed E-state index contributed by atoms with van der Waals surface area (Å²) in [5.74, 6) is -1.19. The monoisotopic (exact) mass is 455 g/mol. The molecule has 2 aromatic rings. The SMILES string of the molecule is O=C(NOCC(O)CO)c1c(Nc2ccc(Br)cc2F)cc(=O)n2c1CCC2. The maximum Gasteiger partial charge on any atom is 0.278 e. The Kier molecular flexibility index (Phi) is 6.45. The average Bonchev–Trinajstić information content (AvgIpc) is 3.14. The Morgan fingerprint density at radius 1 is 1.36 bits per heavy atom. The van der Waals surface area contributed by atoms with Crippen molar-refractivity contribution in [2.24, 2.45) is 0 Å². The number of halogens is 2. The van der Waals surface area contributed by atoms with Crippen molar-refractivity contribution in [1.82, 2.24) is 10.0 Å². The molecule has 1 amide bonds. The van der Waals surface area contributed by atoms with Crippen LogP contribution in [0.25, 0.3) is 0 Å². The highest BCUT2D eigenvalue weighted by molar-refractivity contribution is 9.10. The van der Waals surface area contributed by atoms with Crippen LogP contribution < -0.4 is 16.4 Å². The number of aliphatic hydroxyl groups is 2. The topological polar surface area (TPSA) is 113 Å². The molecule has 28 heavy (non-hydrogen) atoms. The largest absolute Gasteiger partial charge is 0.394 e. The summed E-state index contributed by atoms with van der Waals surface area (Å²) < 4.78 is 16.3. The maximum atomic E-state index is 14.2. The zero-order valence-corrected chi connectivity index (χ0v) is 16.3. The number of carbonyl (C=O) groups is 1. The van der Waals surface area contributed by atoms with Crippen LogP contribution in [0.15, 0.2) is 33.5 Å². The number of amides is 1. The molecule has 1 aromatic carbocycles. The zero-order chi connectivity index (χ0) is 20.3. The van der Waals surface area contributed by atoms with Crippen LogP contribution in [0.1, 0.15) is 22.5 Å². The predicted molar refractivity (Wildman–Crippen MR) is 103 cm³/mol. The zero-order valence-electron chi connectivity index (χ0n) is 14.7.